The van der Waals surface area contributed by atoms with Crippen molar-refractivity contribution in [1.82, 2.24) is 0 Å². The maximum absolute atomic E-state index is 12.6. The van der Waals surface area contributed by atoms with Crippen molar-refractivity contribution >= 4 is 11.9 Å². The van der Waals surface area contributed by atoms with Crippen molar-refractivity contribution in [2.45, 2.75) is 19.8 Å². The molecule has 0 aliphatic rings. The first-order valence-electron chi connectivity index (χ1n) is 9.96. The Balaban J connectivity index is 2.09. The SMILES string of the molecule is CCCCOc1ccc(/C=C/C(=O)c2ccc(OCCOC)c(OC)c2)cc1OC. The molecule has 0 aliphatic carbocycles. The zero-order chi connectivity index (χ0) is 21.8. The Kier molecular flexibility index (Phi) is 9.74. The van der Waals surface area contributed by atoms with Gasteiger partial charge < -0.3 is 23.7 Å². The molecular weight excluding hydrogens is 384 g/mol. The molecule has 0 bridgehead atoms. The van der Waals surface area contributed by atoms with E-state index in [2.05, 4.69) is 6.92 Å². The van der Waals surface area contributed by atoms with Gasteiger partial charge in [0.05, 0.1) is 27.4 Å². The number of unbranched alkanes of at least 4 members (excludes halogenated alkanes) is 1. The summed E-state index contributed by atoms with van der Waals surface area (Å²) >= 11 is 0. The average molecular weight is 414 g/mol. The first kappa shape index (κ1) is 23.3. The average Bonchev–Trinajstić information content (AvgIpc) is 2.78. The lowest BCUT2D eigenvalue weighted by Crippen LogP contribution is -2.06. The third-order valence-electron chi connectivity index (χ3n) is 4.36. The monoisotopic (exact) mass is 414 g/mol. The summed E-state index contributed by atoms with van der Waals surface area (Å²) in [5.74, 6) is 2.27. The first-order valence-corrected chi connectivity index (χ1v) is 9.96. The van der Waals surface area contributed by atoms with E-state index >= 15 is 0 Å². The van der Waals surface area contributed by atoms with E-state index in [9.17, 15) is 4.79 Å². The predicted octanol–water partition coefficient (Wildman–Crippen LogP) is 4.80. The molecule has 0 amide bonds. The molecule has 6 heteroatoms. The van der Waals surface area contributed by atoms with E-state index in [1.54, 1.807) is 45.6 Å². The summed E-state index contributed by atoms with van der Waals surface area (Å²) in [6.45, 7) is 3.63. The van der Waals surface area contributed by atoms with E-state index in [1.807, 2.05) is 18.2 Å². The lowest BCUT2D eigenvalue weighted by molar-refractivity contribution is 0.104. The van der Waals surface area contributed by atoms with Crippen molar-refractivity contribution in [3.8, 4) is 23.0 Å². The summed E-state index contributed by atoms with van der Waals surface area (Å²) in [6, 6.07) is 10.7. The molecule has 162 valence electrons. The summed E-state index contributed by atoms with van der Waals surface area (Å²) in [4.78, 5) is 12.6. The number of hydrogen-bond acceptors (Lipinski definition) is 6. The second-order valence-corrected chi connectivity index (χ2v) is 6.52. The quantitative estimate of drug-likeness (QED) is 0.266. The fourth-order valence-corrected chi connectivity index (χ4v) is 2.68. The van der Waals surface area contributed by atoms with Crippen molar-refractivity contribution in [3.05, 3.63) is 53.6 Å². The topological polar surface area (TPSA) is 63.2 Å². The minimum atomic E-state index is -0.140. The number of rotatable bonds is 13. The summed E-state index contributed by atoms with van der Waals surface area (Å²) in [7, 11) is 4.75. The lowest BCUT2D eigenvalue weighted by Gasteiger charge is -2.11. The van der Waals surface area contributed by atoms with Crippen molar-refractivity contribution < 1.29 is 28.5 Å². The van der Waals surface area contributed by atoms with Gasteiger partial charge in [0, 0.05) is 12.7 Å². The fourth-order valence-electron chi connectivity index (χ4n) is 2.68. The van der Waals surface area contributed by atoms with Crippen LogP contribution >= 0.6 is 0 Å². The highest BCUT2D eigenvalue weighted by molar-refractivity contribution is 6.07. The Bertz CT molecular complexity index is 844. The van der Waals surface area contributed by atoms with E-state index < -0.39 is 0 Å². The smallest absolute Gasteiger partial charge is 0.185 e. The van der Waals surface area contributed by atoms with Crippen LogP contribution in [0.2, 0.25) is 0 Å². The molecular formula is C24H30O6. The van der Waals surface area contributed by atoms with Gasteiger partial charge in [-0.2, -0.15) is 0 Å². The van der Waals surface area contributed by atoms with E-state index in [0.29, 0.717) is 48.4 Å². The zero-order valence-corrected chi connectivity index (χ0v) is 18.1. The van der Waals surface area contributed by atoms with Gasteiger partial charge in [-0.3, -0.25) is 4.79 Å². The molecule has 0 atom stereocenters. The number of ether oxygens (including phenoxy) is 5. The van der Waals surface area contributed by atoms with Gasteiger partial charge in [0.2, 0.25) is 0 Å². The minimum Gasteiger partial charge on any atom is -0.493 e. The van der Waals surface area contributed by atoms with E-state index in [-0.39, 0.29) is 5.78 Å². The molecule has 2 aromatic rings. The molecule has 0 N–H and O–H groups in total. The third kappa shape index (κ3) is 6.81. The van der Waals surface area contributed by atoms with Crippen LogP contribution in [0.1, 0.15) is 35.7 Å². The number of allylic oxidation sites excluding steroid dienone is 1. The molecule has 0 aliphatic heterocycles. The van der Waals surface area contributed by atoms with Gasteiger partial charge in [0.25, 0.3) is 0 Å². The number of benzene rings is 2. The largest absolute Gasteiger partial charge is 0.493 e. The van der Waals surface area contributed by atoms with Crippen molar-refractivity contribution in [2.24, 2.45) is 0 Å². The third-order valence-corrected chi connectivity index (χ3v) is 4.36. The van der Waals surface area contributed by atoms with Crippen LogP contribution in [-0.4, -0.2) is 46.9 Å². The van der Waals surface area contributed by atoms with Crippen LogP contribution in [0.5, 0.6) is 23.0 Å². The molecule has 0 saturated carbocycles. The van der Waals surface area contributed by atoms with Crippen LogP contribution < -0.4 is 18.9 Å². The fraction of sp³-hybridized carbons (Fsp3) is 0.375. The number of carbonyl (C=O) groups excluding carboxylic acids is 1. The van der Waals surface area contributed by atoms with Crippen LogP contribution in [0.4, 0.5) is 0 Å². The molecule has 2 rings (SSSR count). The Morgan fingerprint density at radius 1 is 0.833 bits per heavy atom. The van der Waals surface area contributed by atoms with Gasteiger partial charge in [-0.1, -0.05) is 25.5 Å². The van der Waals surface area contributed by atoms with Crippen molar-refractivity contribution in [2.75, 3.05) is 41.2 Å². The number of hydrogen-bond donors (Lipinski definition) is 0. The second kappa shape index (κ2) is 12.5. The van der Waals surface area contributed by atoms with Gasteiger partial charge in [0.15, 0.2) is 28.8 Å². The molecule has 30 heavy (non-hydrogen) atoms. The van der Waals surface area contributed by atoms with Crippen LogP contribution in [-0.2, 0) is 4.74 Å². The Morgan fingerprint density at radius 2 is 1.50 bits per heavy atom. The molecule has 0 aromatic heterocycles. The predicted molar refractivity (Wildman–Crippen MR) is 117 cm³/mol. The highest BCUT2D eigenvalue weighted by atomic mass is 16.5. The standard InChI is InChI=1S/C24H30O6/c1-5-6-13-29-21-11-8-18(16-23(21)27-3)7-10-20(25)19-9-12-22(24(17-19)28-4)30-15-14-26-2/h7-12,16-17H,5-6,13-15H2,1-4H3/b10-7+. The Labute approximate surface area is 178 Å². The lowest BCUT2D eigenvalue weighted by atomic mass is 10.1. The van der Waals surface area contributed by atoms with Crippen LogP contribution in [0.25, 0.3) is 6.08 Å². The van der Waals surface area contributed by atoms with Gasteiger partial charge in [-0.05, 0) is 48.4 Å². The molecule has 0 radical (unpaired) electrons. The van der Waals surface area contributed by atoms with E-state index in [4.69, 9.17) is 23.7 Å². The van der Waals surface area contributed by atoms with E-state index in [0.717, 1.165) is 18.4 Å². The Morgan fingerprint density at radius 3 is 2.17 bits per heavy atom. The maximum atomic E-state index is 12.6. The van der Waals surface area contributed by atoms with Gasteiger partial charge in [0.1, 0.15) is 6.61 Å². The zero-order valence-electron chi connectivity index (χ0n) is 18.1. The molecule has 6 nitrogen and oxygen atoms in total. The summed E-state index contributed by atoms with van der Waals surface area (Å²) in [5.41, 5.74) is 1.35. The van der Waals surface area contributed by atoms with E-state index in [1.165, 1.54) is 6.08 Å². The van der Waals surface area contributed by atoms with Gasteiger partial charge in [-0.25, -0.2) is 0 Å². The van der Waals surface area contributed by atoms with Crippen LogP contribution in [0, 0.1) is 0 Å². The molecule has 0 fully saturated rings. The number of methoxy groups -OCH3 is 3. The molecule has 0 saturated heterocycles. The van der Waals surface area contributed by atoms with Gasteiger partial charge in [-0.15, -0.1) is 0 Å². The van der Waals surface area contributed by atoms with Crippen molar-refractivity contribution in [3.63, 3.8) is 0 Å². The first-order chi connectivity index (χ1) is 14.6. The molecule has 0 heterocycles. The summed E-state index contributed by atoms with van der Waals surface area (Å²) < 4.78 is 27.1. The van der Waals surface area contributed by atoms with Gasteiger partial charge >= 0.3 is 0 Å². The number of ketones is 1. The maximum Gasteiger partial charge on any atom is 0.185 e. The Hall–Kier alpha value is -2.99. The highest BCUT2D eigenvalue weighted by Gasteiger charge is 2.10. The summed E-state index contributed by atoms with van der Waals surface area (Å²) in [5, 5.41) is 0. The molecule has 2 aromatic carbocycles. The molecule has 0 unspecified atom stereocenters. The minimum absolute atomic E-state index is 0.140. The number of carbonyl (C=O) groups is 1. The van der Waals surface area contributed by atoms with Crippen LogP contribution in [0.3, 0.4) is 0 Å². The normalized spacial score (nSPS) is 10.8. The summed E-state index contributed by atoms with van der Waals surface area (Å²) in [6.07, 6.45) is 5.32. The molecule has 0 spiro atoms. The van der Waals surface area contributed by atoms with Crippen molar-refractivity contribution in [1.29, 1.82) is 0 Å². The van der Waals surface area contributed by atoms with Crippen LogP contribution in [0.15, 0.2) is 42.5 Å². The second-order valence-electron chi connectivity index (χ2n) is 6.52. The highest BCUT2D eigenvalue weighted by Crippen LogP contribution is 2.30.